The predicted octanol–water partition coefficient (Wildman–Crippen LogP) is 5.55. The molecular weight excluding hydrogens is 378 g/mol. The van der Waals surface area contributed by atoms with Crippen LogP contribution in [0.25, 0.3) is 0 Å². The molecule has 1 aromatic heterocycles. The molecule has 0 spiro atoms. The maximum Gasteiger partial charge on any atom is 0.191 e. The zero-order valence-corrected chi connectivity index (χ0v) is 16.8. The summed E-state index contributed by atoms with van der Waals surface area (Å²) in [5, 5.41) is 10.2. The number of ether oxygens (including phenoxy) is 1. The molecule has 0 aliphatic heterocycles. The minimum Gasteiger partial charge on any atom is -0.486 e. The highest BCUT2D eigenvalue weighted by molar-refractivity contribution is 7.98. The number of halogens is 1. The minimum absolute atomic E-state index is 0.360. The molecule has 1 heterocycles. The molecular formula is C21H22ClN3OS. The Bertz CT molecular complexity index is 893. The summed E-state index contributed by atoms with van der Waals surface area (Å²) in [4.78, 5) is 0. The van der Waals surface area contributed by atoms with Crippen LogP contribution in [-0.2, 0) is 25.3 Å². The first kappa shape index (κ1) is 19.5. The average Bonchev–Trinajstić information content (AvgIpc) is 3.08. The van der Waals surface area contributed by atoms with Crippen molar-refractivity contribution in [2.24, 2.45) is 0 Å². The fourth-order valence-electron chi connectivity index (χ4n) is 2.57. The van der Waals surface area contributed by atoms with Crippen LogP contribution in [-0.4, -0.2) is 14.8 Å². The molecule has 0 amide bonds. The van der Waals surface area contributed by atoms with Gasteiger partial charge in [0.05, 0.1) is 0 Å². The summed E-state index contributed by atoms with van der Waals surface area (Å²) < 4.78 is 7.91. The van der Waals surface area contributed by atoms with Crippen LogP contribution in [0.2, 0.25) is 5.02 Å². The van der Waals surface area contributed by atoms with E-state index in [9.17, 15) is 0 Å². The molecule has 6 heteroatoms. The number of nitrogens with zero attached hydrogens (tertiary/aromatic N) is 3. The van der Waals surface area contributed by atoms with E-state index in [1.807, 2.05) is 47.0 Å². The largest absolute Gasteiger partial charge is 0.486 e. The second kappa shape index (κ2) is 9.62. The molecule has 0 unspecified atom stereocenters. The lowest BCUT2D eigenvalue weighted by Crippen LogP contribution is -2.07. The predicted molar refractivity (Wildman–Crippen MR) is 111 cm³/mol. The quantitative estimate of drug-likeness (QED) is 0.349. The third kappa shape index (κ3) is 5.15. The molecule has 0 aliphatic rings. The standard InChI is InChI=1S/C21H22ClN3OS/c1-3-13-25-20(14-26-18-11-9-16(4-2)10-12-18)23-24-21(25)27-15-17-7-5-6-8-19(17)22/h3,5-12H,1,4,13-15H2,2H3. The summed E-state index contributed by atoms with van der Waals surface area (Å²) in [6.45, 7) is 6.96. The summed E-state index contributed by atoms with van der Waals surface area (Å²) in [7, 11) is 0. The normalized spacial score (nSPS) is 10.7. The molecule has 2 aromatic carbocycles. The van der Waals surface area contributed by atoms with Crippen LogP contribution in [0, 0.1) is 0 Å². The van der Waals surface area contributed by atoms with Crippen molar-refractivity contribution < 1.29 is 4.74 Å². The van der Waals surface area contributed by atoms with Crippen LogP contribution in [0.4, 0.5) is 0 Å². The smallest absolute Gasteiger partial charge is 0.191 e. The SMILES string of the molecule is C=CCn1c(COc2ccc(CC)cc2)nnc1SCc1ccccc1Cl. The van der Waals surface area contributed by atoms with Gasteiger partial charge in [-0.25, -0.2) is 0 Å². The second-order valence-electron chi connectivity index (χ2n) is 5.96. The number of hydrogen-bond acceptors (Lipinski definition) is 4. The van der Waals surface area contributed by atoms with Gasteiger partial charge in [-0.2, -0.15) is 0 Å². The summed E-state index contributed by atoms with van der Waals surface area (Å²) >= 11 is 7.85. The van der Waals surface area contributed by atoms with Crippen molar-refractivity contribution in [2.75, 3.05) is 0 Å². The van der Waals surface area contributed by atoms with E-state index in [4.69, 9.17) is 16.3 Å². The molecule has 0 atom stereocenters. The molecule has 0 radical (unpaired) electrons. The maximum absolute atomic E-state index is 6.24. The van der Waals surface area contributed by atoms with Crippen molar-refractivity contribution in [3.05, 3.63) is 83.2 Å². The highest BCUT2D eigenvalue weighted by Crippen LogP contribution is 2.26. The number of rotatable bonds is 9. The lowest BCUT2D eigenvalue weighted by Gasteiger charge is -2.10. The molecule has 4 nitrogen and oxygen atoms in total. The second-order valence-corrected chi connectivity index (χ2v) is 7.31. The van der Waals surface area contributed by atoms with E-state index in [1.165, 1.54) is 5.56 Å². The Morgan fingerprint density at radius 1 is 1.15 bits per heavy atom. The van der Waals surface area contributed by atoms with Crippen LogP contribution < -0.4 is 4.74 Å². The highest BCUT2D eigenvalue weighted by Gasteiger charge is 2.13. The van der Waals surface area contributed by atoms with E-state index in [0.29, 0.717) is 13.2 Å². The first-order valence-electron chi connectivity index (χ1n) is 8.82. The molecule has 0 bridgehead atoms. The van der Waals surface area contributed by atoms with Crippen molar-refractivity contribution in [2.45, 2.75) is 37.4 Å². The van der Waals surface area contributed by atoms with Gasteiger partial charge >= 0.3 is 0 Å². The molecule has 0 aliphatic carbocycles. The van der Waals surface area contributed by atoms with E-state index in [0.717, 1.165) is 39.5 Å². The van der Waals surface area contributed by atoms with Gasteiger partial charge in [0.15, 0.2) is 11.0 Å². The number of benzene rings is 2. The van der Waals surface area contributed by atoms with Gasteiger partial charge in [0.25, 0.3) is 0 Å². The molecule has 0 saturated heterocycles. The lowest BCUT2D eigenvalue weighted by atomic mass is 10.2. The Kier molecular flexibility index (Phi) is 6.96. The molecule has 140 valence electrons. The van der Waals surface area contributed by atoms with Gasteiger partial charge in [0, 0.05) is 17.3 Å². The van der Waals surface area contributed by atoms with E-state index < -0.39 is 0 Å². The van der Waals surface area contributed by atoms with Crippen LogP contribution >= 0.6 is 23.4 Å². The summed E-state index contributed by atoms with van der Waals surface area (Å²) in [6, 6.07) is 16.0. The number of thioether (sulfide) groups is 1. The zero-order chi connectivity index (χ0) is 19.1. The Labute approximate surface area is 169 Å². The lowest BCUT2D eigenvalue weighted by molar-refractivity contribution is 0.289. The Hall–Kier alpha value is -2.24. The number of aromatic nitrogens is 3. The number of hydrogen-bond donors (Lipinski definition) is 0. The van der Waals surface area contributed by atoms with Crippen LogP contribution in [0.1, 0.15) is 23.9 Å². The highest BCUT2D eigenvalue weighted by atomic mass is 35.5. The molecule has 3 aromatic rings. The Morgan fingerprint density at radius 3 is 2.63 bits per heavy atom. The van der Waals surface area contributed by atoms with Crippen molar-refractivity contribution in [3.8, 4) is 5.75 Å². The monoisotopic (exact) mass is 399 g/mol. The fraction of sp³-hybridized carbons (Fsp3) is 0.238. The maximum atomic E-state index is 6.24. The zero-order valence-electron chi connectivity index (χ0n) is 15.3. The van der Waals surface area contributed by atoms with Crippen molar-refractivity contribution in [1.29, 1.82) is 0 Å². The van der Waals surface area contributed by atoms with Gasteiger partial charge < -0.3 is 4.74 Å². The van der Waals surface area contributed by atoms with Crippen LogP contribution in [0.3, 0.4) is 0 Å². The van der Waals surface area contributed by atoms with Gasteiger partial charge in [0.2, 0.25) is 0 Å². The van der Waals surface area contributed by atoms with Crippen LogP contribution in [0.5, 0.6) is 5.75 Å². The first-order valence-corrected chi connectivity index (χ1v) is 10.2. The summed E-state index contributed by atoms with van der Waals surface area (Å²) in [5.41, 5.74) is 2.36. The van der Waals surface area contributed by atoms with Gasteiger partial charge in [-0.15, -0.1) is 16.8 Å². The summed E-state index contributed by atoms with van der Waals surface area (Å²) in [6.07, 6.45) is 2.85. The molecule has 0 fully saturated rings. The fourth-order valence-corrected chi connectivity index (χ4v) is 3.82. The van der Waals surface area contributed by atoms with Gasteiger partial charge in [-0.05, 0) is 35.7 Å². The van der Waals surface area contributed by atoms with Crippen molar-refractivity contribution in [1.82, 2.24) is 14.8 Å². The van der Waals surface area contributed by atoms with E-state index in [1.54, 1.807) is 11.8 Å². The van der Waals surface area contributed by atoms with E-state index >= 15 is 0 Å². The average molecular weight is 400 g/mol. The molecule has 3 rings (SSSR count). The van der Waals surface area contributed by atoms with Crippen molar-refractivity contribution >= 4 is 23.4 Å². The van der Waals surface area contributed by atoms with Gasteiger partial charge in [-0.1, -0.05) is 66.7 Å². The molecule has 0 saturated carbocycles. The van der Waals surface area contributed by atoms with E-state index in [2.05, 4.69) is 35.8 Å². The summed E-state index contributed by atoms with van der Waals surface area (Å²) in [5.74, 6) is 2.33. The van der Waals surface area contributed by atoms with E-state index in [-0.39, 0.29) is 0 Å². The Balaban J connectivity index is 1.68. The Morgan fingerprint density at radius 2 is 1.93 bits per heavy atom. The third-order valence-corrected chi connectivity index (χ3v) is 5.50. The van der Waals surface area contributed by atoms with Crippen LogP contribution in [0.15, 0.2) is 66.3 Å². The molecule has 27 heavy (non-hydrogen) atoms. The topological polar surface area (TPSA) is 39.9 Å². The van der Waals surface area contributed by atoms with Crippen molar-refractivity contribution in [3.63, 3.8) is 0 Å². The van der Waals surface area contributed by atoms with Gasteiger partial charge in [0.1, 0.15) is 12.4 Å². The minimum atomic E-state index is 0.360. The first-order chi connectivity index (χ1) is 13.2. The number of allylic oxidation sites excluding steroid dienone is 1. The van der Waals surface area contributed by atoms with Gasteiger partial charge in [-0.3, -0.25) is 4.57 Å². The third-order valence-electron chi connectivity index (χ3n) is 4.12. The number of aryl methyl sites for hydroxylation is 1. The molecule has 0 N–H and O–H groups in total.